The molecule has 3 N–H and O–H groups in total. The molecule has 0 spiro atoms. The maximum Gasteiger partial charge on any atom is 0.153 e. The molecule has 3 aromatic rings. The quantitative estimate of drug-likeness (QED) is 0.736. The number of nitrogens with two attached hydrogens (primary N) is 1. The maximum atomic E-state index is 13.0. The van der Waals surface area contributed by atoms with Crippen LogP contribution in [0.15, 0.2) is 43.0 Å². The number of H-pyrrole nitrogens is 1. The lowest BCUT2D eigenvalue weighted by molar-refractivity contribution is 0.628. The number of hydrogen-bond acceptors (Lipinski definition) is 4. The van der Waals surface area contributed by atoms with E-state index in [2.05, 4.69) is 20.2 Å². The number of nitrogens with one attached hydrogen (secondary N) is 1. The number of anilines is 1. The van der Waals surface area contributed by atoms with Crippen molar-refractivity contribution in [3.05, 3.63) is 48.8 Å². The Balaban J connectivity index is 2.17. The van der Waals surface area contributed by atoms with Crippen LogP contribution in [0.5, 0.6) is 0 Å². The standard InChI is InChI=1S/C13H10FN5/c14-10-3-1-8(2-4-10)11-12(18-19-13(11)15)9-5-16-7-17-6-9/h1-7H,(H3,15,18,19). The molecule has 0 radical (unpaired) electrons. The number of rotatable bonds is 2. The zero-order valence-corrected chi connectivity index (χ0v) is 9.84. The Morgan fingerprint density at radius 1 is 1.00 bits per heavy atom. The van der Waals surface area contributed by atoms with Crippen LogP contribution in [0.4, 0.5) is 10.2 Å². The summed E-state index contributed by atoms with van der Waals surface area (Å²) in [5.74, 6) is 0.0564. The van der Waals surface area contributed by atoms with E-state index >= 15 is 0 Å². The van der Waals surface area contributed by atoms with Crippen molar-refractivity contribution in [2.24, 2.45) is 0 Å². The molecule has 2 aromatic heterocycles. The van der Waals surface area contributed by atoms with Gasteiger partial charge in [-0.05, 0) is 17.7 Å². The van der Waals surface area contributed by atoms with Crippen LogP contribution < -0.4 is 5.73 Å². The van der Waals surface area contributed by atoms with E-state index in [-0.39, 0.29) is 5.82 Å². The molecule has 5 nitrogen and oxygen atoms in total. The molecule has 0 fully saturated rings. The van der Waals surface area contributed by atoms with Gasteiger partial charge in [-0.15, -0.1) is 0 Å². The Morgan fingerprint density at radius 2 is 1.68 bits per heavy atom. The lowest BCUT2D eigenvalue weighted by Gasteiger charge is -2.04. The molecule has 0 unspecified atom stereocenters. The third-order valence-electron chi connectivity index (χ3n) is 2.78. The van der Waals surface area contributed by atoms with Crippen LogP contribution in [0.1, 0.15) is 0 Å². The fourth-order valence-corrected chi connectivity index (χ4v) is 1.90. The van der Waals surface area contributed by atoms with Crippen LogP contribution in [-0.4, -0.2) is 20.2 Å². The molecule has 0 aliphatic rings. The van der Waals surface area contributed by atoms with Crippen molar-refractivity contribution in [2.45, 2.75) is 0 Å². The van der Waals surface area contributed by atoms with E-state index in [1.165, 1.54) is 18.5 Å². The van der Waals surface area contributed by atoms with Gasteiger partial charge in [0, 0.05) is 18.0 Å². The molecule has 0 aliphatic carbocycles. The molecule has 0 aliphatic heterocycles. The molecule has 3 rings (SSSR count). The van der Waals surface area contributed by atoms with E-state index in [9.17, 15) is 4.39 Å². The monoisotopic (exact) mass is 255 g/mol. The van der Waals surface area contributed by atoms with Gasteiger partial charge in [-0.2, -0.15) is 5.10 Å². The molecule has 0 bridgehead atoms. The van der Waals surface area contributed by atoms with E-state index in [0.29, 0.717) is 11.5 Å². The summed E-state index contributed by atoms with van der Waals surface area (Å²) in [6.07, 6.45) is 4.76. The first-order chi connectivity index (χ1) is 9.25. The van der Waals surface area contributed by atoms with Crippen molar-refractivity contribution >= 4 is 5.82 Å². The molecule has 0 saturated carbocycles. The topological polar surface area (TPSA) is 80.5 Å². The second-order valence-electron chi connectivity index (χ2n) is 3.99. The van der Waals surface area contributed by atoms with Crippen LogP contribution in [-0.2, 0) is 0 Å². The zero-order chi connectivity index (χ0) is 13.2. The number of halogens is 1. The predicted octanol–water partition coefficient (Wildman–Crippen LogP) is 2.25. The average molecular weight is 255 g/mol. The smallest absolute Gasteiger partial charge is 0.153 e. The SMILES string of the molecule is Nc1n[nH]c(-c2cncnc2)c1-c1ccc(F)cc1. The largest absolute Gasteiger partial charge is 0.382 e. The summed E-state index contributed by atoms with van der Waals surface area (Å²) in [5, 5.41) is 6.85. The lowest BCUT2D eigenvalue weighted by Crippen LogP contribution is -1.89. The summed E-state index contributed by atoms with van der Waals surface area (Å²) in [6.45, 7) is 0. The highest BCUT2D eigenvalue weighted by atomic mass is 19.1. The number of aromatic nitrogens is 4. The maximum absolute atomic E-state index is 13.0. The van der Waals surface area contributed by atoms with Crippen molar-refractivity contribution in [3.8, 4) is 22.4 Å². The predicted molar refractivity (Wildman–Crippen MR) is 69.4 cm³/mol. The molecule has 6 heteroatoms. The molecule has 1 aromatic carbocycles. The van der Waals surface area contributed by atoms with Gasteiger partial charge in [-0.25, -0.2) is 14.4 Å². The van der Waals surface area contributed by atoms with Crippen molar-refractivity contribution in [1.82, 2.24) is 20.2 Å². The van der Waals surface area contributed by atoms with Crippen molar-refractivity contribution in [3.63, 3.8) is 0 Å². The summed E-state index contributed by atoms with van der Waals surface area (Å²) < 4.78 is 13.0. The second-order valence-corrected chi connectivity index (χ2v) is 3.99. The molecule has 2 heterocycles. The van der Waals surface area contributed by atoms with Gasteiger partial charge in [0.05, 0.1) is 11.3 Å². The summed E-state index contributed by atoms with van der Waals surface area (Å²) in [4.78, 5) is 7.92. The lowest BCUT2D eigenvalue weighted by atomic mass is 10.0. The zero-order valence-electron chi connectivity index (χ0n) is 9.84. The van der Waals surface area contributed by atoms with E-state index in [0.717, 1.165) is 16.7 Å². The normalized spacial score (nSPS) is 10.6. The van der Waals surface area contributed by atoms with Crippen LogP contribution in [0, 0.1) is 5.82 Å². The second kappa shape index (κ2) is 4.49. The van der Waals surface area contributed by atoms with E-state index in [1.54, 1.807) is 24.5 Å². The van der Waals surface area contributed by atoms with Crippen LogP contribution in [0.25, 0.3) is 22.4 Å². The highest BCUT2D eigenvalue weighted by molar-refractivity contribution is 5.87. The third-order valence-corrected chi connectivity index (χ3v) is 2.78. The summed E-state index contributed by atoms with van der Waals surface area (Å²) in [5.41, 5.74) is 8.86. The minimum absolute atomic E-state index is 0.296. The van der Waals surface area contributed by atoms with Gasteiger partial charge < -0.3 is 5.73 Å². The highest BCUT2D eigenvalue weighted by Gasteiger charge is 2.15. The Labute approximate surface area is 108 Å². The molecular weight excluding hydrogens is 245 g/mol. The number of nitrogens with zero attached hydrogens (tertiary/aromatic N) is 3. The number of hydrogen-bond donors (Lipinski definition) is 2. The van der Waals surface area contributed by atoms with E-state index < -0.39 is 0 Å². The van der Waals surface area contributed by atoms with Gasteiger partial charge in [0.15, 0.2) is 5.82 Å². The van der Waals surface area contributed by atoms with E-state index in [1.807, 2.05) is 0 Å². The fourth-order valence-electron chi connectivity index (χ4n) is 1.90. The highest BCUT2D eigenvalue weighted by Crippen LogP contribution is 2.33. The molecular formula is C13H10FN5. The van der Waals surface area contributed by atoms with Crippen LogP contribution in [0.2, 0.25) is 0 Å². The first kappa shape index (κ1) is 11.3. The van der Waals surface area contributed by atoms with Gasteiger partial charge >= 0.3 is 0 Å². The minimum atomic E-state index is -0.296. The number of aromatic amines is 1. The van der Waals surface area contributed by atoms with Crippen LogP contribution in [0.3, 0.4) is 0 Å². The van der Waals surface area contributed by atoms with Gasteiger partial charge in [-0.1, -0.05) is 12.1 Å². The van der Waals surface area contributed by atoms with Crippen LogP contribution >= 0.6 is 0 Å². The Kier molecular flexibility index (Phi) is 2.68. The fraction of sp³-hybridized carbons (Fsp3) is 0. The van der Waals surface area contributed by atoms with Gasteiger partial charge in [0.25, 0.3) is 0 Å². The van der Waals surface area contributed by atoms with Crippen molar-refractivity contribution in [1.29, 1.82) is 0 Å². The molecule has 0 atom stereocenters. The summed E-state index contributed by atoms with van der Waals surface area (Å²) in [6, 6.07) is 6.08. The van der Waals surface area contributed by atoms with Gasteiger partial charge in [0.2, 0.25) is 0 Å². The first-order valence-electron chi connectivity index (χ1n) is 5.61. The van der Waals surface area contributed by atoms with E-state index in [4.69, 9.17) is 5.73 Å². The third kappa shape index (κ3) is 2.03. The number of nitrogen functional groups attached to an aromatic ring is 1. The minimum Gasteiger partial charge on any atom is -0.382 e. The number of benzene rings is 1. The van der Waals surface area contributed by atoms with Crippen molar-refractivity contribution in [2.75, 3.05) is 5.73 Å². The Morgan fingerprint density at radius 3 is 2.37 bits per heavy atom. The Bertz CT molecular complexity index is 691. The van der Waals surface area contributed by atoms with Gasteiger partial charge in [0.1, 0.15) is 12.1 Å². The van der Waals surface area contributed by atoms with Crippen molar-refractivity contribution < 1.29 is 4.39 Å². The average Bonchev–Trinajstić information content (AvgIpc) is 2.83. The molecule has 0 saturated heterocycles. The Hall–Kier alpha value is -2.76. The molecule has 19 heavy (non-hydrogen) atoms. The first-order valence-corrected chi connectivity index (χ1v) is 5.61. The van der Waals surface area contributed by atoms with Gasteiger partial charge in [-0.3, -0.25) is 5.10 Å². The molecule has 0 amide bonds. The summed E-state index contributed by atoms with van der Waals surface area (Å²) >= 11 is 0. The summed E-state index contributed by atoms with van der Waals surface area (Å²) in [7, 11) is 0. The molecule has 94 valence electrons.